The van der Waals surface area contributed by atoms with Crippen LogP contribution in [0.1, 0.15) is 16.7 Å². The number of allylic oxidation sites excluding steroid dienone is 1. The van der Waals surface area contributed by atoms with Gasteiger partial charge in [-0.2, -0.15) is 0 Å². The molecule has 3 aromatic carbocycles. The maximum Gasteiger partial charge on any atom is 0.0557 e. The van der Waals surface area contributed by atoms with Crippen LogP contribution in [0, 0.1) is 5.92 Å². The standard InChI is InChI=1S/C21H17/c1-4-10-18(11-5-1)16-17-21(19-12-6-2-7-13-19)20-14-8-3-9-15-20/h1-17H. The van der Waals surface area contributed by atoms with E-state index in [1.54, 1.807) is 0 Å². The second kappa shape index (κ2) is 6.71. The summed E-state index contributed by atoms with van der Waals surface area (Å²) in [6, 6.07) is 31.4. The van der Waals surface area contributed by atoms with Crippen molar-refractivity contribution in [2.45, 2.75) is 0 Å². The molecule has 0 heteroatoms. The Balaban J connectivity index is 1.96. The first-order chi connectivity index (χ1) is 10.4. The highest BCUT2D eigenvalue weighted by Gasteiger charge is 2.10. The molecule has 0 heterocycles. The summed E-state index contributed by atoms with van der Waals surface area (Å²) in [4.78, 5) is 0. The van der Waals surface area contributed by atoms with Crippen molar-refractivity contribution in [2.24, 2.45) is 0 Å². The van der Waals surface area contributed by atoms with Crippen LogP contribution < -0.4 is 0 Å². The van der Waals surface area contributed by atoms with E-state index in [2.05, 4.69) is 84.9 Å². The molecule has 3 rings (SSSR count). The van der Waals surface area contributed by atoms with Crippen LogP contribution in [0.3, 0.4) is 0 Å². The monoisotopic (exact) mass is 269 g/mol. The molecule has 0 saturated heterocycles. The van der Waals surface area contributed by atoms with Crippen molar-refractivity contribution in [1.29, 1.82) is 0 Å². The number of rotatable bonds is 4. The molecule has 0 amide bonds. The predicted molar refractivity (Wildman–Crippen MR) is 89.8 cm³/mol. The van der Waals surface area contributed by atoms with Gasteiger partial charge in [0.25, 0.3) is 0 Å². The lowest BCUT2D eigenvalue weighted by atomic mass is 9.90. The summed E-state index contributed by atoms with van der Waals surface area (Å²) in [5, 5.41) is 0. The molecule has 0 N–H and O–H groups in total. The molecule has 0 spiro atoms. The van der Waals surface area contributed by atoms with Gasteiger partial charge in [-0.1, -0.05) is 103 Å². The zero-order valence-corrected chi connectivity index (χ0v) is 11.8. The molecule has 0 bridgehead atoms. The molecule has 0 atom stereocenters. The second-order valence-electron chi connectivity index (χ2n) is 4.89. The van der Waals surface area contributed by atoms with Gasteiger partial charge in [-0.25, -0.2) is 0 Å². The quantitative estimate of drug-likeness (QED) is 0.597. The van der Waals surface area contributed by atoms with Gasteiger partial charge < -0.3 is 0 Å². The van der Waals surface area contributed by atoms with Gasteiger partial charge in [-0.3, -0.25) is 0 Å². The Kier molecular flexibility index (Phi) is 4.28. The molecule has 0 saturated carbocycles. The molecule has 3 aromatic rings. The van der Waals surface area contributed by atoms with E-state index in [4.69, 9.17) is 0 Å². The van der Waals surface area contributed by atoms with Crippen LogP contribution in [0.15, 0.2) is 97.1 Å². The van der Waals surface area contributed by atoms with Gasteiger partial charge in [0.05, 0.1) is 5.92 Å². The molecule has 0 fully saturated rings. The fraction of sp³-hybridized carbons (Fsp3) is 0. The summed E-state index contributed by atoms with van der Waals surface area (Å²) >= 11 is 0. The van der Waals surface area contributed by atoms with Crippen LogP contribution in [0.5, 0.6) is 0 Å². The lowest BCUT2D eigenvalue weighted by molar-refractivity contribution is 1.29. The first-order valence-electron chi connectivity index (χ1n) is 7.14. The highest BCUT2D eigenvalue weighted by atomic mass is 14.1. The fourth-order valence-corrected chi connectivity index (χ4v) is 2.34. The SMILES string of the molecule is C(=Cc1ccccc1)[C](c1ccccc1)c1ccccc1. The Morgan fingerprint density at radius 3 is 1.43 bits per heavy atom. The van der Waals surface area contributed by atoms with Crippen molar-refractivity contribution in [3.63, 3.8) is 0 Å². The molecule has 0 aliphatic heterocycles. The van der Waals surface area contributed by atoms with E-state index in [1.165, 1.54) is 22.6 Å². The Hall–Kier alpha value is -2.60. The first kappa shape index (κ1) is 13.4. The lowest BCUT2D eigenvalue weighted by Crippen LogP contribution is -1.98. The minimum Gasteiger partial charge on any atom is -0.0675 e. The van der Waals surface area contributed by atoms with Crippen molar-refractivity contribution in [1.82, 2.24) is 0 Å². The van der Waals surface area contributed by atoms with Crippen molar-refractivity contribution in [3.8, 4) is 0 Å². The first-order valence-corrected chi connectivity index (χ1v) is 7.14. The fourth-order valence-electron chi connectivity index (χ4n) is 2.34. The van der Waals surface area contributed by atoms with E-state index in [9.17, 15) is 0 Å². The van der Waals surface area contributed by atoms with E-state index < -0.39 is 0 Å². The maximum absolute atomic E-state index is 2.19. The van der Waals surface area contributed by atoms with Gasteiger partial charge in [-0.05, 0) is 16.7 Å². The lowest BCUT2D eigenvalue weighted by Gasteiger charge is -2.13. The number of hydrogen-bond acceptors (Lipinski definition) is 0. The van der Waals surface area contributed by atoms with Crippen LogP contribution in [-0.4, -0.2) is 0 Å². The Morgan fingerprint density at radius 2 is 0.952 bits per heavy atom. The van der Waals surface area contributed by atoms with Crippen LogP contribution in [0.4, 0.5) is 0 Å². The van der Waals surface area contributed by atoms with Gasteiger partial charge in [0.2, 0.25) is 0 Å². The Bertz CT molecular complexity index is 642. The minimum absolute atomic E-state index is 1.21. The van der Waals surface area contributed by atoms with Crippen LogP contribution >= 0.6 is 0 Å². The van der Waals surface area contributed by atoms with Gasteiger partial charge in [-0.15, -0.1) is 0 Å². The Morgan fingerprint density at radius 1 is 0.524 bits per heavy atom. The molecule has 0 nitrogen and oxygen atoms in total. The van der Waals surface area contributed by atoms with Gasteiger partial charge in [0.15, 0.2) is 0 Å². The van der Waals surface area contributed by atoms with E-state index in [-0.39, 0.29) is 0 Å². The summed E-state index contributed by atoms with van der Waals surface area (Å²) < 4.78 is 0. The van der Waals surface area contributed by atoms with Gasteiger partial charge >= 0.3 is 0 Å². The molecule has 0 aromatic heterocycles. The molecule has 0 aliphatic carbocycles. The molecule has 21 heavy (non-hydrogen) atoms. The molecule has 0 unspecified atom stereocenters. The molecular formula is C21H17. The third kappa shape index (κ3) is 3.49. The van der Waals surface area contributed by atoms with Crippen molar-refractivity contribution in [2.75, 3.05) is 0 Å². The maximum atomic E-state index is 2.19. The van der Waals surface area contributed by atoms with Gasteiger partial charge in [0, 0.05) is 0 Å². The zero-order chi connectivity index (χ0) is 14.3. The Labute approximate surface area is 126 Å². The van der Waals surface area contributed by atoms with Crippen LogP contribution in [-0.2, 0) is 0 Å². The van der Waals surface area contributed by atoms with Crippen LogP contribution in [0.2, 0.25) is 0 Å². The van der Waals surface area contributed by atoms with E-state index in [0.29, 0.717) is 0 Å². The average Bonchev–Trinajstić information content (AvgIpc) is 2.58. The smallest absolute Gasteiger partial charge is 0.0557 e. The van der Waals surface area contributed by atoms with Gasteiger partial charge in [0.1, 0.15) is 0 Å². The summed E-state index contributed by atoms with van der Waals surface area (Å²) in [6.07, 6.45) is 4.36. The largest absolute Gasteiger partial charge is 0.0675 e. The van der Waals surface area contributed by atoms with Crippen LogP contribution in [0.25, 0.3) is 6.08 Å². The third-order valence-electron chi connectivity index (χ3n) is 3.41. The second-order valence-corrected chi connectivity index (χ2v) is 4.89. The summed E-state index contributed by atoms with van der Waals surface area (Å²) in [6.45, 7) is 0. The highest BCUT2D eigenvalue weighted by Crippen LogP contribution is 2.25. The molecular weight excluding hydrogens is 252 g/mol. The molecule has 0 aliphatic rings. The highest BCUT2D eigenvalue weighted by molar-refractivity contribution is 5.60. The zero-order valence-electron chi connectivity index (χ0n) is 11.8. The molecule has 101 valence electrons. The molecule has 1 radical (unpaired) electrons. The van der Waals surface area contributed by atoms with Crippen molar-refractivity contribution < 1.29 is 0 Å². The topological polar surface area (TPSA) is 0 Å². The number of benzene rings is 3. The van der Waals surface area contributed by atoms with E-state index in [0.717, 1.165) is 0 Å². The van der Waals surface area contributed by atoms with E-state index >= 15 is 0 Å². The normalized spacial score (nSPS) is 11.1. The summed E-state index contributed by atoms with van der Waals surface area (Å²) in [5.41, 5.74) is 3.67. The van der Waals surface area contributed by atoms with Crippen molar-refractivity contribution >= 4 is 6.08 Å². The van der Waals surface area contributed by atoms with Crippen molar-refractivity contribution in [3.05, 3.63) is 120 Å². The summed E-state index contributed by atoms with van der Waals surface area (Å²) in [7, 11) is 0. The number of hydrogen-bond donors (Lipinski definition) is 0. The predicted octanol–water partition coefficient (Wildman–Crippen LogP) is 5.37. The average molecular weight is 269 g/mol. The summed E-state index contributed by atoms with van der Waals surface area (Å²) in [5.74, 6) is 1.24. The van der Waals surface area contributed by atoms with E-state index in [1.807, 2.05) is 18.2 Å². The third-order valence-corrected chi connectivity index (χ3v) is 3.41. The minimum atomic E-state index is 1.21.